The topological polar surface area (TPSA) is 58.7 Å². The smallest absolute Gasteiger partial charge is 0.0741 e. The molecular formula is C12H26N2O2. The van der Waals surface area contributed by atoms with Crippen molar-refractivity contribution in [3.63, 3.8) is 0 Å². The standard InChI is InChI=1S/C12H26N2O2/c1-3-11-9-16-8-7-14(11)6-4-5-12(2,15)10-13/h11,15H,3-10,13H2,1-2H3. The lowest BCUT2D eigenvalue weighted by atomic mass is 10.00. The molecule has 16 heavy (non-hydrogen) atoms. The maximum Gasteiger partial charge on any atom is 0.0741 e. The van der Waals surface area contributed by atoms with Crippen molar-refractivity contribution in [3.8, 4) is 0 Å². The minimum atomic E-state index is -0.700. The first-order valence-corrected chi connectivity index (χ1v) is 6.33. The van der Waals surface area contributed by atoms with E-state index in [1.807, 2.05) is 6.92 Å². The number of hydrogen-bond donors (Lipinski definition) is 2. The molecule has 0 bridgehead atoms. The zero-order valence-corrected chi connectivity index (χ0v) is 10.6. The third-order valence-electron chi connectivity index (χ3n) is 3.42. The number of rotatable bonds is 6. The number of nitrogens with two attached hydrogens (primary N) is 1. The molecule has 0 radical (unpaired) electrons. The van der Waals surface area contributed by atoms with E-state index < -0.39 is 5.60 Å². The predicted octanol–water partition coefficient (Wildman–Crippen LogP) is 0.587. The molecule has 1 aliphatic heterocycles. The molecule has 1 rings (SSSR count). The lowest BCUT2D eigenvalue weighted by Gasteiger charge is -2.35. The largest absolute Gasteiger partial charge is 0.389 e. The summed E-state index contributed by atoms with van der Waals surface area (Å²) in [4.78, 5) is 2.47. The van der Waals surface area contributed by atoms with Gasteiger partial charge in [0.05, 0.1) is 18.8 Å². The lowest BCUT2D eigenvalue weighted by Crippen LogP contribution is -2.46. The van der Waals surface area contributed by atoms with Crippen molar-refractivity contribution in [2.24, 2.45) is 5.73 Å². The molecule has 2 unspecified atom stereocenters. The summed E-state index contributed by atoms with van der Waals surface area (Å²) in [7, 11) is 0. The number of morpholine rings is 1. The van der Waals surface area contributed by atoms with E-state index in [-0.39, 0.29) is 0 Å². The van der Waals surface area contributed by atoms with Crippen LogP contribution in [0.1, 0.15) is 33.1 Å². The Balaban J connectivity index is 2.25. The second kappa shape index (κ2) is 6.55. The zero-order chi connectivity index (χ0) is 12.0. The third-order valence-corrected chi connectivity index (χ3v) is 3.42. The molecular weight excluding hydrogens is 204 g/mol. The summed E-state index contributed by atoms with van der Waals surface area (Å²) < 4.78 is 5.46. The van der Waals surface area contributed by atoms with Crippen LogP contribution in [-0.4, -0.2) is 54.5 Å². The van der Waals surface area contributed by atoms with Gasteiger partial charge in [-0.3, -0.25) is 4.90 Å². The summed E-state index contributed by atoms with van der Waals surface area (Å²) in [5, 5.41) is 9.81. The van der Waals surface area contributed by atoms with Crippen LogP contribution < -0.4 is 5.73 Å². The molecule has 0 aromatic carbocycles. The summed E-state index contributed by atoms with van der Waals surface area (Å²) in [6.07, 6.45) is 2.91. The fourth-order valence-corrected chi connectivity index (χ4v) is 2.12. The Morgan fingerprint density at radius 2 is 2.31 bits per heavy atom. The lowest BCUT2D eigenvalue weighted by molar-refractivity contribution is -0.0135. The molecule has 96 valence electrons. The molecule has 0 aromatic rings. The summed E-state index contributed by atoms with van der Waals surface area (Å²) in [5.41, 5.74) is 4.79. The molecule has 1 heterocycles. The molecule has 2 atom stereocenters. The van der Waals surface area contributed by atoms with Crippen LogP contribution in [0, 0.1) is 0 Å². The molecule has 1 saturated heterocycles. The predicted molar refractivity (Wildman–Crippen MR) is 65.4 cm³/mol. The Kier molecular flexibility index (Phi) is 5.69. The normalized spacial score (nSPS) is 26.6. The molecule has 4 heteroatoms. The van der Waals surface area contributed by atoms with Gasteiger partial charge in [0.15, 0.2) is 0 Å². The van der Waals surface area contributed by atoms with Crippen LogP contribution in [0.2, 0.25) is 0 Å². The van der Waals surface area contributed by atoms with Crippen molar-refractivity contribution in [3.05, 3.63) is 0 Å². The van der Waals surface area contributed by atoms with E-state index in [1.54, 1.807) is 0 Å². The summed E-state index contributed by atoms with van der Waals surface area (Å²) in [6, 6.07) is 0.552. The van der Waals surface area contributed by atoms with Crippen molar-refractivity contribution in [1.82, 2.24) is 4.90 Å². The molecule has 0 aromatic heterocycles. The molecule has 0 amide bonds. The Labute approximate surface area is 98.8 Å². The van der Waals surface area contributed by atoms with Gasteiger partial charge in [0.2, 0.25) is 0 Å². The van der Waals surface area contributed by atoms with Crippen LogP contribution in [0.4, 0.5) is 0 Å². The van der Waals surface area contributed by atoms with E-state index in [0.717, 1.165) is 45.6 Å². The van der Waals surface area contributed by atoms with E-state index in [1.165, 1.54) is 0 Å². The first-order chi connectivity index (χ1) is 7.59. The van der Waals surface area contributed by atoms with Crippen LogP contribution in [-0.2, 0) is 4.74 Å². The average Bonchev–Trinajstić information content (AvgIpc) is 2.29. The van der Waals surface area contributed by atoms with E-state index >= 15 is 0 Å². The van der Waals surface area contributed by atoms with Crippen molar-refractivity contribution >= 4 is 0 Å². The second-order valence-corrected chi connectivity index (χ2v) is 4.98. The molecule has 0 saturated carbocycles. The van der Waals surface area contributed by atoms with Crippen LogP contribution in [0.5, 0.6) is 0 Å². The fourth-order valence-electron chi connectivity index (χ4n) is 2.12. The van der Waals surface area contributed by atoms with E-state index in [9.17, 15) is 5.11 Å². The first kappa shape index (κ1) is 13.9. The Hall–Kier alpha value is -0.160. The van der Waals surface area contributed by atoms with Crippen LogP contribution in [0.25, 0.3) is 0 Å². The van der Waals surface area contributed by atoms with Gasteiger partial charge in [0, 0.05) is 19.1 Å². The molecule has 4 nitrogen and oxygen atoms in total. The summed E-state index contributed by atoms with van der Waals surface area (Å²) in [5.74, 6) is 0. The molecule has 1 fully saturated rings. The van der Waals surface area contributed by atoms with Crippen molar-refractivity contribution in [2.75, 3.05) is 32.8 Å². The van der Waals surface area contributed by atoms with Gasteiger partial charge in [-0.05, 0) is 32.7 Å². The molecule has 0 spiro atoms. The van der Waals surface area contributed by atoms with Gasteiger partial charge in [-0.25, -0.2) is 0 Å². The average molecular weight is 230 g/mol. The van der Waals surface area contributed by atoms with Crippen LogP contribution in [0.15, 0.2) is 0 Å². The number of aliphatic hydroxyl groups is 1. The molecule has 3 N–H and O–H groups in total. The summed E-state index contributed by atoms with van der Waals surface area (Å²) in [6.45, 7) is 8.09. The zero-order valence-electron chi connectivity index (χ0n) is 10.6. The van der Waals surface area contributed by atoms with Gasteiger partial charge in [0.25, 0.3) is 0 Å². The highest BCUT2D eigenvalue weighted by atomic mass is 16.5. The second-order valence-electron chi connectivity index (χ2n) is 4.98. The highest BCUT2D eigenvalue weighted by Gasteiger charge is 2.22. The number of nitrogens with zero attached hydrogens (tertiary/aromatic N) is 1. The van der Waals surface area contributed by atoms with E-state index in [0.29, 0.717) is 12.6 Å². The maximum absolute atomic E-state index is 9.81. The van der Waals surface area contributed by atoms with Crippen LogP contribution in [0.3, 0.4) is 0 Å². The number of hydrogen-bond acceptors (Lipinski definition) is 4. The van der Waals surface area contributed by atoms with E-state index in [2.05, 4.69) is 11.8 Å². The van der Waals surface area contributed by atoms with Gasteiger partial charge in [0.1, 0.15) is 0 Å². The Bertz CT molecular complexity index is 197. The fraction of sp³-hybridized carbons (Fsp3) is 1.00. The quantitative estimate of drug-likeness (QED) is 0.701. The molecule has 0 aliphatic carbocycles. The van der Waals surface area contributed by atoms with Gasteiger partial charge >= 0.3 is 0 Å². The van der Waals surface area contributed by atoms with Gasteiger partial charge in [-0.1, -0.05) is 6.92 Å². The minimum Gasteiger partial charge on any atom is -0.389 e. The van der Waals surface area contributed by atoms with Crippen molar-refractivity contribution < 1.29 is 9.84 Å². The minimum absolute atomic E-state index is 0.341. The highest BCUT2D eigenvalue weighted by Crippen LogP contribution is 2.14. The van der Waals surface area contributed by atoms with Gasteiger partial charge in [-0.2, -0.15) is 0 Å². The van der Waals surface area contributed by atoms with Crippen LogP contribution >= 0.6 is 0 Å². The third kappa shape index (κ3) is 4.37. The van der Waals surface area contributed by atoms with E-state index in [4.69, 9.17) is 10.5 Å². The van der Waals surface area contributed by atoms with Gasteiger partial charge < -0.3 is 15.6 Å². The van der Waals surface area contributed by atoms with Gasteiger partial charge in [-0.15, -0.1) is 0 Å². The Morgan fingerprint density at radius 1 is 1.56 bits per heavy atom. The molecule has 1 aliphatic rings. The van der Waals surface area contributed by atoms with Crippen molar-refractivity contribution in [1.29, 1.82) is 0 Å². The first-order valence-electron chi connectivity index (χ1n) is 6.33. The summed E-state index contributed by atoms with van der Waals surface area (Å²) >= 11 is 0. The van der Waals surface area contributed by atoms with Crippen molar-refractivity contribution in [2.45, 2.75) is 44.8 Å². The number of ether oxygens (including phenoxy) is 1. The Morgan fingerprint density at radius 3 is 2.94 bits per heavy atom. The SMILES string of the molecule is CCC1COCCN1CCCC(C)(O)CN. The monoisotopic (exact) mass is 230 g/mol. The highest BCUT2D eigenvalue weighted by molar-refractivity contribution is 4.77. The maximum atomic E-state index is 9.81.